The number of hydrogen-bond acceptors (Lipinski definition) is 4. The highest BCUT2D eigenvalue weighted by molar-refractivity contribution is 7.22. The zero-order valence-electron chi connectivity index (χ0n) is 22.9. The summed E-state index contributed by atoms with van der Waals surface area (Å²) in [6.45, 7) is 5.09. The number of aromatic nitrogens is 1. The first-order valence-electron chi connectivity index (χ1n) is 14.8. The van der Waals surface area contributed by atoms with Gasteiger partial charge in [0.05, 0.1) is 15.6 Å². The Morgan fingerprint density at radius 2 is 1.44 bits per heavy atom. The van der Waals surface area contributed by atoms with Crippen LogP contribution in [-0.4, -0.2) is 17.3 Å². The van der Waals surface area contributed by atoms with Gasteiger partial charge in [0.1, 0.15) is 5.75 Å². The van der Waals surface area contributed by atoms with Crippen LogP contribution in [0.1, 0.15) is 90.9 Å². The van der Waals surface area contributed by atoms with E-state index in [2.05, 4.69) is 28.9 Å². The van der Waals surface area contributed by atoms with Gasteiger partial charge in [0, 0.05) is 6.07 Å². The first-order valence-corrected chi connectivity index (χ1v) is 15.6. The van der Waals surface area contributed by atoms with Crippen molar-refractivity contribution in [1.82, 2.24) is 4.98 Å². The highest BCUT2D eigenvalue weighted by Gasteiger charge is 2.55. The number of carbonyl (C=O) groups excluding carboxylic acids is 1. The van der Waals surface area contributed by atoms with Crippen LogP contribution >= 0.6 is 11.3 Å². The SMILES string of the molecule is CC12CC3CC(C1)CC(C)(C3)C2.O=C(Nc1nc2ccc(OC(F)(F)F)cc2s1)C12CC3CC(CC(C3)C1)C2. The van der Waals surface area contributed by atoms with Gasteiger partial charge < -0.3 is 10.1 Å². The van der Waals surface area contributed by atoms with Gasteiger partial charge >= 0.3 is 6.36 Å². The van der Waals surface area contributed by atoms with E-state index in [-0.39, 0.29) is 17.1 Å². The van der Waals surface area contributed by atoms with Gasteiger partial charge in [0.15, 0.2) is 5.13 Å². The Kier molecular flexibility index (Phi) is 5.91. The maximum atomic E-state index is 13.1. The molecule has 8 bridgehead atoms. The van der Waals surface area contributed by atoms with Gasteiger partial charge in [-0.1, -0.05) is 25.2 Å². The molecule has 1 heterocycles. The standard InChI is InChI=1S/C19H19F3N2O2S.C12H20/c20-19(21,22)26-13-1-2-14-15(6-13)27-17(23-14)24-16(25)18-7-10-3-11(8-18)5-12(4-10)9-18;1-11-4-9-3-10(5-11)7-12(2,6-9)8-11/h1-2,6,10-12H,3-5,7-9H2,(H,23,24,25);9-10H,3-8H2,1-2H3. The number of amides is 1. The maximum absolute atomic E-state index is 13.1. The number of ether oxygens (including phenoxy) is 1. The molecule has 8 saturated carbocycles. The fraction of sp³-hybridized carbons (Fsp3) is 0.742. The Morgan fingerprint density at radius 3 is 1.95 bits per heavy atom. The number of hydrogen-bond donors (Lipinski definition) is 1. The van der Waals surface area contributed by atoms with Crippen molar-refractivity contribution in [3.05, 3.63) is 18.2 Å². The van der Waals surface area contributed by atoms with Crippen LogP contribution in [0.5, 0.6) is 5.75 Å². The zero-order chi connectivity index (χ0) is 27.2. The normalized spacial score (nSPS) is 41.4. The van der Waals surface area contributed by atoms with Crippen molar-refractivity contribution in [3.8, 4) is 5.75 Å². The summed E-state index contributed by atoms with van der Waals surface area (Å²) < 4.78 is 41.7. The third-order valence-corrected chi connectivity index (χ3v) is 11.9. The highest BCUT2D eigenvalue weighted by atomic mass is 32.1. The highest BCUT2D eigenvalue weighted by Crippen LogP contribution is 2.65. The predicted molar refractivity (Wildman–Crippen MR) is 146 cm³/mol. The summed E-state index contributed by atoms with van der Waals surface area (Å²) in [6, 6.07) is 4.02. The number of benzene rings is 1. The lowest BCUT2D eigenvalue weighted by molar-refractivity contribution is -0.274. The van der Waals surface area contributed by atoms with E-state index in [1.807, 2.05) is 0 Å². The fourth-order valence-corrected chi connectivity index (χ4v) is 11.9. The average Bonchev–Trinajstić information content (AvgIpc) is 3.16. The van der Waals surface area contributed by atoms with Crippen molar-refractivity contribution >= 4 is 32.6 Å². The van der Waals surface area contributed by atoms with Gasteiger partial charge in [-0.25, -0.2) is 4.98 Å². The minimum absolute atomic E-state index is 0.0346. The Morgan fingerprint density at radius 1 is 0.897 bits per heavy atom. The van der Waals surface area contributed by atoms with Crippen LogP contribution in [0.4, 0.5) is 18.3 Å². The Hall–Kier alpha value is -1.83. The first kappa shape index (κ1) is 26.1. The largest absolute Gasteiger partial charge is 0.573 e. The van der Waals surface area contributed by atoms with E-state index in [4.69, 9.17) is 0 Å². The lowest BCUT2D eigenvalue weighted by atomic mass is 9.45. The van der Waals surface area contributed by atoms with Gasteiger partial charge in [0.2, 0.25) is 5.91 Å². The molecule has 39 heavy (non-hydrogen) atoms. The number of nitrogens with zero attached hydrogens (tertiary/aromatic N) is 1. The number of alkyl halides is 3. The fourth-order valence-electron chi connectivity index (χ4n) is 11.0. The van der Waals surface area contributed by atoms with Crippen molar-refractivity contribution in [1.29, 1.82) is 0 Å². The van der Waals surface area contributed by atoms with Crippen LogP contribution in [0, 0.1) is 45.8 Å². The molecule has 8 aliphatic rings. The lowest BCUT2D eigenvalue weighted by Gasteiger charge is -2.60. The van der Waals surface area contributed by atoms with Crippen LogP contribution in [-0.2, 0) is 4.79 Å². The lowest BCUT2D eigenvalue weighted by Crippen LogP contribution is -2.51. The van der Waals surface area contributed by atoms with E-state index in [0.717, 1.165) is 41.9 Å². The van der Waals surface area contributed by atoms with E-state index in [0.29, 0.717) is 33.1 Å². The quantitative estimate of drug-likeness (QED) is 0.408. The molecule has 8 heteroatoms. The van der Waals surface area contributed by atoms with Crippen molar-refractivity contribution < 1.29 is 22.7 Å². The molecular formula is C31H39F3N2O2S. The van der Waals surface area contributed by atoms with E-state index in [9.17, 15) is 18.0 Å². The molecule has 1 amide bonds. The zero-order valence-corrected chi connectivity index (χ0v) is 23.7. The number of fused-ring (bicyclic) bond motifs is 1. The number of thiazole rings is 1. The van der Waals surface area contributed by atoms with Crippen molar-refractivity contribution in [2.75, 3.05) is 5.32 Å². The number of halogens is 3. The molecule has 0 unspecified atom stereocenters. The molecule has 212 valence electrons. The minimum Gasteiger partial charge on any atom is -0.406 e. The van der Waals surface area contributed by atoms with Crippen LogP contribution in [0.15, 0.2) is 18.2 Å². The molecule has 0 aliphatic heterocycles. The monoisotopic (exact) mass is 560 g/mol. The third-order valence-electron chi connectivity index (χ3n) is 11.0. The summed E-state index contributed by atoms with van der Waals surface area (Å²) in [5.41, 5.74) is 1.80. The molecule has 8 aliphatic carbocycles. The number of anilines is 1. The second-order valence-corrected chi connectivity index (χ2v) is 16.0. The number of nitrogens with one attached hydrogen (secondary N) is 1. The molecule has 2 aromatic rings. The van der Waals surface area contributed by atoms with Gasteiger partial charge in [0.25, 0.3) is 0 Å². The molecule has 0 atom stereocenters. The number of rotatable bonds is 3. The maximum Gasteiger partial charge on any atom is 0.573 e. The molecule has 1 aromatic carbocycles. The molecular weight excluding hydrogens is 521 g/mol. The molecule has 10 rings (SSSR count). The topological polar surface area (TPSA) is 51.2 Å². The summed E-state index contributed by atoms with van der Waals surface area (Å²) >= 11 is 1.18. The summed E-state index contributed by atoms with van der Waals surface area (Å²) in [4.78, 5) is 17.4. The predicted octanol–water partition coefficient (Wildman–Crippen LogP) is 8.96. The molecule has 4 nitrogen and oxygen atoms in total. The van der Waals surface area contributed by atoms with Crippen LogP contribution in [0.3, 0.4) is 0 Å². The van der Waals surface area contributed by atoms with Gasteiger partial charge in [-0.2, -0.15) is 0 Å². The summed E-state index contributed by atoms with van der Waals surface area (Å²) in [5.74, 6) is 3.98. The Bertz CT molecular complexity index is 1220. The number of carbonyl (C=O) groups is 1. The van der Waals surface area contributed by atoms with E-state index < -0.39 is 6.36 Å². The molecule has 0 saturated heterocycles. The second-order valence-electron chi connectivity index (χ2n) is 14.9. The summed E-state index contributed by atoms with van der Waals surface area (Å²) in [7, 11) is 0. The van der Waals surface area contributed by atoms with Crippen LogP contribution in [0.25, 0.3) is 10.2 Å². The van der Waals surface area contributed by atoms with E-state index in [1.54, 1.807) is 32.1 Å². The van der Waals surface area contributed by atoms with Crippen LogP contribution in [0.2, 0.25) is 0 Å². The Balaban J connectivity index is 0.000000174. The molecule has 0 radical (unpaired) electrons. The molecule has 8 fully saturated rings. The average molecular weight is 561 g/mol. The van der Waals surface area contributed by atoms with Crippen molar-refractivity contribution in [3.63, 3.8) is 0 Å². The van der Waals surface area contributed by atoms with E-state index >= 15 is 0 Å². The van der Waals surface area contributed by atoms with Gasteiger partial charge in [-0.15, -0.1) is 13.2 Å². The molecule has 1 N–H and O–H groups in total. The van der Waals surface area contributed by atoms with Crippen molar-refractivity contribution in [2.45, 2.75) is 97.3 Å². The van der Waals surface area contributed by atoms with E-state index in [1.165, 1.54) is 55.2 Å². The summed E-state index contributed by atoms with van der Waals surface area (Å²) in [6.07, 6.45) is 11.3. The van der Waals surface area contributed by atoms with Crippen LogP contribution < -0.4 is 10.1 Å². The third kappa shape index (κ3) is 5.08. The molecule has 1 aromatic heterocycles. The van der Waals surface area contributed by atoms with Crippen molar-refractivity contribution in [2.24, 2.45) is 45.8 Å². The Labute approximate surface area is 232 Å². The van der Waals surface area contributed by atoms with Gasteiger partial charge in [-0.3, -0.25) is 4.79 Å². The first-order chi connectivity index (χ1) is 18.3. The smallest absolute Gasteiger partial charge is 0.406 e. The second kappa shape index (κ2) is 8.83. The minimum atomic E-state index is -4.73. The van der Waals surface area contributed by atoms with Gasteiger partial charge in [-0.05, 0) is 130 Å². The molecule has 0 spiro atoms. The summed E-state index contributed by atoms with van der Waals surface area (Å²) in [5, 5.41) is 3.40.